The molecule has 9 nitrogen and oxygen atoms in total. The summed E-state index contributed by atoms with van der Waals surface area (Å²) in [6, 6.07) is 2.66. The fourth-order valence-electron chi connectivity index (χ4n) is 2.68. The largest absolute Gasteiger partial charge is 0.352 e. The molecule has 2 atom stereocenters. The molecule has 2 amide bonds. The minimum Gasteiger partial charge on any atom is -0.352 e. The van der Waals surface area contributed by atoms with Gasteiger partial charge in [0.1, 0.15) is 9.90 Å². The molecule has 2 aromatic heterocycles. The third-order valence-corrected chi connectivity index (χ3v) is 6.86. The van der Waals surface area contributed by atoms with Gasteiger partial charge in [0.25, 0.3) is 18.2 Å². The normalized spacial score (nSPS) is 18.9. The molecule has 2 aromatic rings. The maximum absolute atomic E-state index is 12.7. The van der Waals surface area contributed by atoms with E-state index >= 15 is 0 Å². The Balaban J connectivity index is 1.43. The second kappa shape index (κ2) is 7.93. The van der Waals surface area contributed by atoms with Crippen LogP contribution in [0.1, 0.15) is 38.6 Å². The fraction of sp³-hybridized carbons (Fsp3) is 0.400. The number of primary sulfonamides is 1. The zero-order valence-electron chi connectivity index (χ0n) is 14.3. The average molecular weight is 433 g/mol. The van der Waals surface area contributed by atoms with Crippen molar-refractivity contribution < 1.29 is 26.8 Å². The number of rotatable bonds is 8. The van der Waals surface area contributed by atoms with Crippen LogP contribution in [-0.4, -0.2) is 43.5 Å². The third-order valence-electron chi connectivity index (χ3n) is 4.34. The Hall–Kier alpha value is -2.38. The Bertz CT molecular complexity index is 988. The summed E-state index contributed by atoms with van der Waals surface area (Å²) < 4.78 is 47.9. The third kappa shape index (κ3) is 4.72. The number of thiophene rings is 1. The highest BCUT2D eigenvalue weighted by Gasteiger charge is 2.37. The van der Waals surface area contributed by atoms with E-state index in [9.17, 15) is 26.8 Å². The number of nitrogens with zero attached hydrogens (tertiary/aromatic N) is 1. The van der Waals surface area contributed by atoms with Crippen molar-refractivity contribution in [2.24, 2.45) is 17.0 Å². The summed E-state index contributed by atoms with van der Waals surface area (Å²) in [5.41, 5.74) is -0.712. The van der Waals surface area contributed by atoms with Crippen LogP contribution in [0.4, 0.5) is 8.78 Å². The lowest BCUT2D eigenvalue weighted by Gasteiger charge is -2.06. The van der Waals surface area contributed by atoms with Gasteiger partial charge in [-0.25, -0.2) is 22.3 Å². The highest BCUT2D eigenvalue weighted by atomic mass is 32.2. The number of carbonyl (C=O) groups is 2. The Kier molecular flexibility index (Phi) is 5.76. The van der Waals surface area contributed by atoms with Crippen LogP contribution in [0.3, 0.4) is 0 Å². The molecule has 0 aromatic carbocycles. The second-order valence-corrected chi connectivity index (χ2v) is 9.21. The van der Waals surface area contributed by atoms with E-state index in [0.29, 0.717) is 13.1 Å². The topological polar surface area (TPSA) is 147 Å². The van der Waals surface area contributed by atoms with Gasteiger partial charge in [-0.2, -0.15) is 5.10 Å². The number of sulfonamides is 1. The van der Waals surface area contributed by atoms with E-state index in [2.05, 4.69) is 20.8 Å². The molecule has 1 saturated carbocycles. The van der Waals surface area contributed by atoms with E-state index in [-0.39, 0.29) is 26.5 Å². The number of amides is 2. The fourth-order valence-corrected chi connectivity index (χ4v) is 4.32. The quantitative estimate of drug-likeness (QED) is 0.487. The molecule has 0 bridgehead atoms. The summed E-state index contributed by atoms with van der Waals surface area (Å²) in [5, 5.41) is 15.9. The maximum Gasteiger partial charge on any atom is 0.280 e. The number of halogens is 2. The van der Waals surface area contributed by atoms with Gasteiger partial charge in [-0.1, -0.05) is 0 Å². The van der Waals surface area contributed by atoms with Crippen LogP contribution in [0.2, 0.25) is 0 Å². The first-order valence-corrected chi connectivity index (χ1v) is 10.5. The van der Waals surface area contributed by atoms with Gasteiger partial charge >= 0.3 is 0 Å². The lowest BCUT2D eigenvalue weighted by atomic mass is 10.2. The summed E-state index contributed by atoms with van der Waals surface area (Å²) in [7, 11) is -3.84. The molecule has 5 N–H and O–H groups in total. The molecule has 0 aliphatic heterocycles. The molecule has 1 fully saturated rings. The molecule has 0 radical (unpaired) electrons. The van der Waals surface area contributed by atoms with Crippen LogP contribution in [0.15, 0.2) is 22.5 Å². The van der Waals surface area contributed by atoms with Crippen LogP contribution in [0.25, 0.3) is 0 Å². The predicted molar refractivity (Wildman–Crippen MR) is 95.5 cm³/mol. The van der Waals surface area contributed by atoms with Crippen molar-refractivity contribution in [1.29, 1.82) is 0 Å². The first-order chi connectivity index (χ1) is 13.2. The van der Waals surface area contributed by atoms with E-state index in [1.54, 1.807) is 0 Å². The average Bonchev–Trinajstić information content (AvgIpc) is 3.05. The lowest BCUT2D eigenvalue weighted by Crippen LogP contribution is -2.29. The Labute approximate surface area is 162 Å². The van der Waals surface area contributed by atoms with Crippen LogP contribution >= 0.6 is 11.3 Å². The Morgan fingerprint density at radius 1 is 1.25 bits per heavy atom. The molecule has 13 heteroatoms. The number of nitrogens with one attached hydrogen (secondary N) is 3. The highest BCUT2D eigenvalue weighted by Crippen LogP contribution is 2.37. The van der Waals surface area contributed by atoms with Crippen molar-refractivity contribution >= 4 is 33.2 Å². The number of hydrogen-bond donors (Lipinski definition) is 4. The van der Waals surface area contributed by atoms with Gasteiger partial charge in [-0.05, 0) is 30.4 Å². The van der Waals surface area contributed by atoms with E-state index < -0.39 is 34.0 Å². The van der Waals surface area contributed by atoms with Gasteiger partial charge in [0.05, 0.1) is 16.6 Å². The van der Waals surface area contributed by atoms with Gasteiger partial charge < -0.3 is 10.6 Å². The molecule has 0 spiro atoms. The minimum absolute atomic E-state index is 0.0907. The van der Waals surface area contributed by atoms with E-state index in [4.69, 9.17) is 5.14 Å². The second-order valence-electron chi connectivity index (χ2n) is 6.34. The zero-order chi connectivity index (χ0) is 20.5. The molecule has 152 valence electrons. The smallest absolute Gasteiger partial charge is 0.280 e. The number of nitrogens with two attached hydrogens (primary N) is 1. The molecule has 1 aliphatic carbocycles. The highest BCUT2D eigenvalue weighted by molar-refractivity contribution is 7.91. The predicted octanol–water partition coefficient (Wildman–Crippen LogP) is 0.852. The molecule has 2 heterocycles. The van der Waals surface area contributed by atoms with Gasteiger partial charge in [0.15, 0.2) is 0 Å². The van der Waals surface area contributed by atoms with Gasteiger partial charge in [0.2, 0.25) is 10.0 Å². The lowest BCUT2D eigenvalue weighted by molar-refractivity contribution is 0.0931. The van der Waals surface area contributed by atoms with Crippen molar-refractivity contribution in [3.05, 3.63) is 34.5 Å². The summed E-state index contributed by atoms with van der Waals surface area (Å²) in [6.07, 6.45) is -1.00. The van der Waals surface area contributed by atoms with Crippen molar-refractivity contribution in [2.45, 2.75) is 17.1 Å². The van der Waals surface area contributed by atoms with Crippen molar-refractivity contribution in [1.82, 2.24) is 20.8 Å². The van der Waals surface area contributed by atoms with E-state index in [0.717, 1.165) is 24.0 Å². The molecular weight excluding hydrogens is 416 g/mol. The van der Waals surface area contributed by atoms with Crippen molar-refractivity contribution in [3.8, 4) is 0 Å². The minimum atomic E-state index is -3.84. The van der Waals surface area contributed by atoms with Crippen molar-refractivity contribution in [3.63, 3.8) is 0 Å². The first kappa shape index (κ1) is 20.4. The number of H-pyrrole nitrogens is 1. The number of carbonyl (C=O) groups excluding carboxylic acids is 2. The molecule has 3 rings (SSSR count). The standard InChI is InChI=1S/C15H17F2N5O4S2/c16-13(17)12-9(6-21-22-12)14(23)19-4-7-3-8(7)5-20-15(24)10-1-2-11(27-10)28(18,25)26/h1-2,6-8,13H,3-5H2,(H,19,23)(H,20,24)(H,21,22)(H2,18,25,26). The van der Waals surface area contributed by atoms with Gasteiger partial charge in [-0.3, -0.25) is 14.7 Å². The summed E-state index contributed by atoms with van der Waals surface area (Å²) in [6.45, 7) is 0.651. The van der Waals surface area contributed by atoms with E-state index in [1.165, 1.54) is 12.1 Å². The SMILES string of the molecule is NS(=O)(=O)c1ccc(C(=O)NCC2CC2CNC(=O)c2cn[nH]c2C(F)F)s1. The van der Waals surface area contributed by atoms with Gasteiger partial charge in [0, 0.05) is 13.1 Å². The Morgan fingerprint density at radius 2 is 1.89 bits per heavy atom. The summed E-state index contributed by atoms with van der Waals surface area (Å²) in [5.74, 6) is -0.780. The number of aromatic amines is 1. The Morgan fingerprint density at radius 3 is 2.46 bits per heavy atom. The monoisotopic (exact) mass is 433 g/mol. The zero-order valence-corrected chi connectivity index (χ0v) is 15.9. The number of hydrogen-bond acceptors (Lipinski definition) is 6. The number of alkyl halides is 2. The van der Waals surface area contributed by atoms with Gasteiger partial charge in [-0.15, -0.1) is 11.3 Å². The summed E-state index contributed by atoms with van der Waals surface area (Å²) in [4.78, 5) is 24.3. The number of aromatic nitrogens is 2. The van der Waals surface area contributed by atoms with Crippen LogP contribution in [-0.2, 0) is 10.0 Å². The summed E-state index contributed by atoms with van der Waals surface area (Å²) >= 11 is 0.785. The first-order valence-electron chi connectivity index (χ1n) is 8.17. The van der Waals surface area contributed by atoms with Crippen LogP contribution in [0.5, 0.6) is 0 Å². The molecule has 1 aliphatic rings. The van der Waals surface area contributed by atoms with Crippen LogP contribution in [0, 0.1) is 11.8 Å². The molecule has 2 unspecified atom stereocenters. The molecule has 28 heavy (non-hydrogen) atoms. The maximum atomic E-state index is 12.7. The van der Waals surface area contributed by atoms with E-state index in [1.807, 2.05) is 0 Å². The molecular formula is C15H17F2N5O4S2. The van der Waals surface area contributed by atoms with Crippen molar-refractivity contribution in [2.75, 3.05) is 13.1 Å². The van der Waals surface area contributed by atoms with Crippen LogP contribution < -0.4 is 15.8 Å². The molecule has 0 saturated heterocycles.